The molecular weight excluding hydrogens is 340 g/mol. The molecule has 2 aromatic heterocycles. The molecule has 7 nitrogen and oxygen atoms in total. The molecule has 140 valence electrons. The fourth-order valence-electron chi connectivity index (χ4n) is 3.88. The van der Waals surface area contributed by atoms with Crippen LogP contribution in [0.5, 0.6) is 0 Å². The lowest BCUT2D eigenvalue weighted by Gasteiger charge is -2.40. The number of aryl methyl sites for hydroxylation is 3. The monoisotopic (exact) mass is 364 g/mol. The van der Waals surface area contributed by atoms with Crippen molar-refractivity contribution in [2.24, 2.45) is 7.05 Å². The number of nitrogens with zero attached hydrogens (tertiary/aromatic N) is 6. The van der Waals surface area contributed by atoms with E-state index < -0.39 is 0 Å². The summed E-state index contributed by atoms with van der Waals surface area (Å²) in [5.41, 5.74) is 4.04. The molecule has 0 spiro atoms. The molecule has 3 heterocycles. The van der Waals surface area contributed by atoms with Crippen LogP contribution in [0.1, 0.15) is 23.7 Å². The zero-order chi connectivity index (χ0) is 19.1. The summed E-state index contributed by atoms with van der Waals surface area (Å²) in [5.74, 6) is 0.915. The second-order valence-corrected chi connectivity index (χ2v) is 7.22. The standard InChI is InChI=1S/C20H24N6O/c1-13-6-5-7-16(10-13)11-25-8-9-26(15(3)20(25)27)19-17-14(2)23-24(4)18(17)21-12-22-19/h5-7,10,12,15H,8-9,11H2,1-4H3/t15-/m1/s1. The van der Waals surface area contributed by atoms with Gasteiger partial charge < -0.3 is 9.80 Å². The molecule has 0 radical (unpaired) electrons. The van der Waals surface area contributed by atoms with Crippen LogP contribution in [-0.4, -0.2) is 49.7 Å². The van der Waals surface area contributed by atoms with Crippen molar-refractivity contribution in [1.29, 1.82) is 0 Å². The highest BCUT2D eigenvalue weighted by Crippen LogP contribution is 2.29. The molecule has 27 heavy (non-hydrogen) atoms. The molecule has 0 saturated carbocycles. The van der Waals surface area contributed by atoms with E-state index in [0.717, 1.165) is 34.7 Å². The van der Waals surface area contributed by atoms with E-state index >= 15 is 0 Å². The van der Waals surface area contributed by atoms with Gasteiger partial charge in [0.2, 0.25) is 5.91 Å². The average Bonchev–Trinajstić information content (AvgIpc) is 2.94. The molecular formula is C20H24N6O. The second kappa shape index (κ2) is 6.64. The van der Waals surface area contributed by atoms with Crippen LogP contribution in [0.25, 0.3) is 11.0 Å². The van der Waals surface area contributed by atoms with E-state index in [1.807, 2.05) is 31.9 Å². The van der Waals surface area contributed by atoms with Crippen molar-refractivity contribution in [3.8, 4) is 0 Å². The molecule has 7 heteroatoms. The van der Waals surface area contributed by atoms with Crippen molar-refractivity contribution in [1.82, 2.24) is 24.6 Å². The summed E-state index contributed by atoms with van der Waals surface area (Å²) in [7, 11) is 1.88. The van der Waals surface area contributed by atoms with Crippen molar-refractivity contribution in [2.45, 2.75) is 33.4 Å². The van der Waals surface area contributed by atoms with Gasteiger partial charge in [0, 0.05) is 26.7 Å². The maximum absolute atomic E-state index is 13.0. The molecule has 1 atom stereocenters. The number of carbonyl (C=O) groups is 1. The average molecular weight is 364 g/mol. The van der Waals surface area contributed by atoms with E-state index in [1.165, 1.54) is 5.56 Å². The Kier molecular flexibility index (Phi) is 4.30. The van der Waals surface area contributed by atoms with Crippen molar-refractivity contribution >= 4 is 22.8 Å². The smallest absolute Gasteiger partial charge is 0.245 e. The third-order valence-corrected chi connectivity index (χ3v) is 5.25. The molecule has 0 unspecified atom stereocenters. The zero-order valence-corrected chi connectivity index (χ0v) is 16.2. The minimum absolute atomic E-state index is 0.121. The van der Waals surface area contributed by atoms with Gasteiger partial charge in [0.1, 0.15) is 18.2 Å². The van der Waals surface area contributed by atoms with Crippen LogP contribution in [0, 0.1) is 13.8 Å². The number of anilines is 1. The van der Waals surface area contributed by atoms with Gasteiger partial charge in [-0.25, -0.2) is 9.97 Å². The molecule has 1 fully saturated rings. The summed E-state index contributed by atoms with van der Waals surface area (Å²) < 4.78 is 1.76. The summed E-state index contributed by atoms with van der Waals surface area (Å²) in [4.78, 5) is 25.9. The van der Waals surface area contributed by atoms with Crippen molar-refractivity contribution in [2.75, 3.05) is 18.0 Å². The lowest BCUT2D eigenvalue weighted by atomic mass is 10.1. The number of aromatic nitrogens is 4. The molecule has 1 aliphatic heterocycles. The predicted octanol–water partition coefficient (Wildman–Crippen LogP) is 2.22. The van der Waals surface area contributed by atoms with Gasteiger partial charge in [-0.1, -0.05) is 29.8 Å². The first kappa shape index (κ1) is 17.5. The van der Waals surface area contributed by atoms with Crippen LogP contribution in [0.15, 0.2) is 30.6 Å². The Morgan fingerprint density at radius 2 is 2.00 bits per heavy atom. The number of fused-ring (bicyclic) bond motifs is 1. The van der Waals surface area contributed by atoms with Crippen LogP contribution >= 0.6 is 0 Å². The maximum atomic E-state index is 13.0. The van der Waals surface area contributed by atoms with Crippen LogP contribution in [0.2, 0.25) is 0 Å². The molecule has 1 saturated heterocycles. The van der Waals surface area contributed by atoms with Gasteiger partial charge in [-0.05, 0) is 26.3 Å². The van der Waals surface area contributed by atoms with Gasteiger partial charge in [-0.3, -0.25) is 9.48 Å². The number of benzene rings is 1. The Labute approximate surface area is 158 Å². The number of carbonyl (C=O) groups excluding carboxylic acids is 1. The topological polar surface area (TPSA) is 67.2 Å². The number of hydrogen-bond donors (Lipinski definition) is 0. The third kappa shape index (κ3) is 3.03. The Morgan fingerprint density at radius 3 is 2.78 bits per heavy atom. The van der Waals surface area contributed by atoms with Crippen molar-refractivity contribution in [3.63, 3.8) is 0 Å². The van der Waals surface area contributed by atoms with Gasteiger partial charge in [0.15, 0.2) is 5.65 Å². The highest BCUT2D eigenvalue weighted by atomic mass is 16.2. The van der Waals surface area contributed by atoms with Crippen LogP contribution in [0.4, 0.5) is 5.82 Å². The number of hydrogen-bond acceptors (Lipinski definition) is 5. The molecule has 4 rings (SSSR count). The second-order valence-electron chi connectivity index (χ2n) is 7.22. The number of piperazine rings is 1. The summed E-state index contributed by atoms with van der Waals surface area (Å²) in [6.45, 7) is 8.02. The predicted molar refractivity (Wildman–Crippen MR) is 104 cm³/mol. The van der Waals surface area contributed by atoms with E-state index in [9.17, 15) is 4.79 Å². The first-order chi connectivity index (χ1) is 13.0. The van der Waals surface area contributed by atoms with Crippen LogP contribution in [0.3, 0.4) is 0 Å². The molecule has 0 aliphatic carbocycles. The summed E-state index contributed by atoms with van der Waals surface area (Å²) in [6.07, 6.45) is 1.55. The minimum Gasteiger partial charge on any atom is -0.342 e. The lowest BCUT2D eigenvalue weighted by molar-refractivity contribution is -0.134. The highest BCUT2D eigenvalue weighted by molar-refractivity contribution is 5.93. The first-order valence-electron chi connectivity index (χ1n) is 9.21. The largest absolute Gasteiger partial charge is 0.342 e. The van der Waals surface area contributed by atoms with E-state index in [1.54, 1.807) is 11.0 Å². The lowest BCUT2D eigenvalue weighted by Crippen LogP contribution is -2.55. The van der Waals surface area contributed by atoms with Crippen molar-refractivity contribution in [3.05, 3.63) is 47.4 Å². The van der Waals surface area contributed by atoms with Crippen molar-refractivity contribution < 1.29 is 4.79 Å². The molecule has 1 aromatic carbocycles. The van der Waals surface area contributed by atoms with E-state index in [0.29, 0.717) is 13.1 Å². The van der Waals surface area contributed by atoms with Gasteiger partial charge in [-0.15, -0.1) is 0 Å². The van der Waals surface area contributed by atoms with Gasteiger partial charge in [0.05, 0.1) is 11.1 Å². The fourth-order valence-corrected chi connectivity index (χ4v) is 3.88. The Bertz CT molecular complexity index is 1010. The molecule has 1 aliphatic rings. The van der Waals surface area contributed by atoms with Gasteiger partial charge in [0.25, 0.3) is 0 Å². The molecule has 3 aromatic rings. The Hall–Kier alpha value is -2.96. The first-order valence-corrected chi connectivity index (χ1v) is 9.21. The zero-order valence-electron chi connectivity index (χ0n) is 16.2. The summed E-state index contributed by atoms with van der Waals surface area (Å²) in [5, 5.41) is 5.38. The Morgan fingerprint density at radius 1 is 1.19 bits per heavy atom. The number of amides is 1. The minimum atomic E-state index is -0.277. The van der Waals surface area contributed by atoms with Gasteiger partial charge in [-0.2, -0.15) is 5.10 Å². The normalized spacial score (nSPS) is 17.8. The van der Waals surface area contributed by atoms with Crippen LogP contribution in [-0.2, 0) is 18.4 Å². The number of rotatable bonds is 3. The fraction of sp³-hybridized carbons (Fsp3) is 0.400. The Balaban J connectivity index is 1.61. The maximum Gasteiger partial charge on any atom is 0.245 e. The molecule has 0 N–H and O–H groups in total. The molecule has 1 amide bonds. The van der Waals surface area contributed by atoms with E-state index in [4.69, 9.17) is 0 Å². The SMILES string of the molecule is Cc1cccc(CN2CCN(c3ncnc4c3c(C)nn4C)[C@H](C)C2=O)c1. The molecule has 0 bridgehead atoms. The highest BCUT2D eigenvalue weighted by Gasteiger charge is 2.33. The van der Waals surface area contributed by atoms with Gasteiger partial charge >= 0.3 is 0 Å². The quantitative estimate of drug-likeness (QED) is 0.713. The van der Waals surface area contributed by atoms with Crippen LogP contribution < -0.4 is 4.90 Å². The van der Waals surface area contributed by atoms with E-state index in [2.05, 4.69) is 45.1 Å². The summed E-state index contributed by atoms with van der Waals surface area (Å²) in [6, 6.07) is 8.04. The van der Waals surface area contributed by atoms with E-state index in [-0.39, 0.29) is 11.9 Å². The summed E-state index contributed by atoms with van der Waals surface area (Å²) >= 11 is 0. The third-order valence-electron chi connectivity index (χ3n) is 5.25.